The van der Waals surface area contributed by atoms with Gasteiger partial charge in [-0.2, -0.15) is 18.2 Å². The Bertz CT molecular complexity index is 1860. The molecule has 0 saturated carbocycles. The van der Waals surface area contributed by atoms with E-state index in [9.17, 15) is 17.9 Å². The van der Waals surface area contributed by atoms with Crippen molar-refractivity contribution in [1.29, 1.82) is 0 Å². The van der Waals surface area contributed by atoms with Crippen LogP contribution in [0.3, 0.4) is 0 Å². The number of fused-ring (bicyclic) bond motifs is 4. The number of imidazole rings is 1. The second-order valence-corrected chi connectivity index (χ2v) is 12.5. The summed E-state index contributed by atoms with van der Waals surface area (Å²) >= 11 is 0. The predicted octanol–water partition coefficient (Wildman–Crippen LogP) is -1.54. The zero-order chi connectivity index (χ0) is 30.1. The molecule has 1 unspecified atom stereocenters. The minimum atomic E-state index is -5.22. The molecule has 3 saturated heterocycles. The molecule has 0 amide bonds. The van der Waals surface area contributed by atoms with E-state index in [1.54, 1.807) is 0 Å². The van der Waals surface area contributed by atoms with Crippen LogP contribution in [0.5, 0.6) is 0 Å². The molecule has 20 nitrogen and oxygen atoms in total. The van der Waals surface area contributed by atoms with Gasteiger partial charge < -0.3 is 34.9 Å². The van der Waals surface area contributed by atoms with Crippen molar-refractivity contribution in [3.8, 4) is 0 Å². The number of alkyl halides is 1. The number of phosphoric ester groups is 1. The Kier molecular flexibility index (Phi) is 6.79. The summed E-state index contributed by atoms with van der Waals surface area (Å²) < 4.78 is 86.4. The number of halogens is 1. The number of nitrogen functional groups attached to an aromatic ring is 2. The maximum Gasteiger partial charge on any atom is 0.336 e. The second kappa shape index (κ2) is 10.3. The first kappa shape index (κ1) is 28.3. The van der Waals surface area contributed by atoms with Crippen molar-refractivity contribution in [1.82, 2.24) is 44.0 Å². The van der Waals surface area contributed by atoms with Gasteiger partial charge in [0.15, 0.2) is 35.7 Å². The summed E-state index contributed by atoms with van der Waals surface area (Å²) in [5, 5.41) is 4.62. The van der Waals surface area contributed by atoms with Crippen molar-refractivity contribution in [3.63, 3.8) is 0 Å². The molecular weight excluding hydrogens is 620 g/mol. The lowest BCUT2D eigenvalue weighted by Crippen LogP contribution is -2.44. The average Bonchev–Trinajstić information content (AvgIpc) is 3.72. The molecule has 3 aliphatic heterocycles. The van der Waals surface area contributed by atoms with Crippen LogP contribution in [0.4, 0.5) is 16.0 Å². The van der Waals surface area contributed by atoms with Gasteiger partial charge in [-0.3, -0.25) is 13.3 Å². The molecule has 7 rings (SSSR count). The molecule has 7 heterocycles. The Hall–Kier alpha value is -3.47. The number of nitrogens with two attached hydrogens (primary N) is 2. The van der Waals surface area contributed by atoms with Gasteiger partial charge in [0.05, 0.1) is 24.5 Å². The van der Waals surface area contributed by atoms with Gasteiger partial charge in [-0.15, -0.1) is 0 Å². The molecule has 5 N–H and O–H groups in total. The van der Waals surface area contributed by atoms with Crippen LogP contribution in [0.25, 0.3) is 22.2 Å². The largest absolute Gasteiger partial charge is 0.756 e. The van der Waals surface area contributed by atoms with Gasteiger partial charge in [-0.05, 0) is 0 Å². The Morgan fingerprint density at radius 3 is 2.63 bits per heavy atom. The first-order valence-electron chi connectivity index (χ1n) is 12.6. The Morgan fingerprint density at radius 2 is 1.81 bits per heavy atom. The lowest BCUT2D eigenvalue weighted by Gasteiger charge is -2.31. The zero-order valence-corrected chi connectivity index (χ0v) is 23.3. The third-order valence-corrected chi connectivity index (χ3v) is 9.15. The van der Waals surface area contributed by atoms with Crippen molar-refractivity contribution in [2.75, 3.05) is 24.6 Å². The zero-order valence-electron chi connectivity index (χ0n) is 21.6. The summed E-state index contributed by atoms with van der Waals surface area (Å²) in [4.78, 5) is 32.8. The van der Waals surface area contributed by atoms with Gasteiger partial charge >= 0.3 is 10.3 Å². The van der Waals surface area contributed by atoms with Crippen LogP contribution < -0.4 is 21.1 Å². The minimum absolute atomic E-state index is 0.0235. The molecule has 8 atom stereocenters. The lowest BCUT2D eigenvalue weighted by molar-refractivity contribution is -0.235. The molecule has 43 heavy (non-hydrogen) atoms. The fraction of sp³-hybridized carbons (Fsp3) is 0.500. The predicted molar refractivity (Wildman–Crippen MR) is 137 cm³/mol. The van der Waals surface area contributed by atoms with E-state index >= 15 is 4.39 Å². The molecule has 23 heteroatoms. The topological polar surface area (TPSA) is 272 Å². The van der Waals surface area contributed by atoms with E-state index in [-0.39, 0.29) is 29.2 Å². The third-order valence-electron chi connectivity index (χ3n) is 7.16. The first-order valence-corrected chi connectivity index (χ1v) is 15.5. The van der Waals surface area contributed by atoms with Crippen LogP contribution in [0.15, 0.2) is 25.2 Å². The molecule has 4 aromatic rings. The molecule has 3 fully saturated rings. The summed E-state index contributed by atoms with van der Waals surface area (Å²) in [6.45, 7) is -1.36. The van der Waals surface area contributed by atoms with E-state index in [0.717, 1.165) is 6.33 Å². The van der Waals surface area contributed by atoms with Gasteiger partial charge in [-0.1, -0.05) is 0 Å². The molecule has 3 aliphatic rings. The highest BCUT2D eigenvalue weighted by Crippen LogP contribution is 2.47. The summed E-state index contributed by atoms with van der Waals surface area (Å²) in [6, 6.07) is 0. The minimum Gasteiger partial charge on any atom is -0.756 e. The Balaban J connectivity index is 1.15. The monoisotopic (exact) mass is 642 g/mol. The fourth-order valence-corrected chi connectivity index (χ4v) is 7.09. The summed E-state index contributed by atoms with van der Waals surface area (Å²) in [5.41, 5.74) is 12.2. The van der Waals surface area contributed by atoms with Gasteiger partial charge in [0, 0.05) is 13.0 Å². The highest BCUT2D eigenvalue weighted by atomic mass is 32.2. The lowest BCUT2D eigenvalue weighted by atomic mass is 10.1. The number of hydrogen-bond donors (Lipinski definition) is 3. The van der Waals surface area contributed by atoms with Crippen molar-refractivity contribution in [3.05, 3.63) is 25.2 Å². The van der Waals surface area contributed by atoms with Crippen molar-refractivity contribution < 1.29 is 45.0 Å². The number of phosphoric acid groups is 1. The van der Waals surface area contributed by atoms with E-state index < -0.39 is 74.3 Å². The van der Waals surface area contributed by atoms with E-state index in [0.29, 0.717) is 11.0 Å². The number of aromatic nitrogens is 8. The highest BCUT2D eigenvalue weighted by molar-refractivity contribution is 7.84. The molecule has 230 valence electrons. The number of anilines is 2. The van der Waals surface area contributed by atoms with Gasteiger partial charge in [0.2, 0.25) is 0 Å². The number of hydrogen-bond acceptors (Lipinski definition) is 17. The molecule has 0 aromatic carbocycles. The van der Waals surface area contributed by atoms with Crippen molar-refractivity contribution in [2.24, 2.45) is 0 Å². The molecular formula is C20H22FN11O9PS-. The number of nitrogens with one attached hydrogen (secondary N) is 1. The molecule has 0 radical (unpaired) electrons. The maximum absolute atomic E-state index is 15.8. The number of nitrogens with zero attached hydrogens (tertiary/aromatic N) is 8. The van der Waals surface area contributed by atoms with Crippen LogP contribution >= 0.6 is 7.82 Å². The van der Waals surface area contributed by atoms with Gasteiger partial charge in [-0.25, -0.2) is 34.0 Å². The molecule has 4 aromatic heterocycles. The maximum atomic E-state index is 15.8. The standard InChI is InChI=1S/C20H23FN11O9PS/c21-13-15-10(39-20(13)31-7-28-14-17(23)25-6-27-19(14)31)3-30-43(35,36)41-9-1-12(38-11(9)4-37-42(33,34)40-15)32-18-8(2-29-32)16(22)24-5-26-18/h2,5-7,9-13,15,20,30H,1,3-4H2,(H,33,34)(H2,22,24,26)(H2,23,25,27)/p-1/t9-,10+,11+,12+,13+,15+,20+/m0/s1. The van der Waals surface area contributed by atoms with Crippen LogP contribution in [0, 0.1) is 0 Å². The number of rotatable bonds is 2. The smallest absolute Gasteiger partial charge is 0.336 e. The van der Waals surface area contributed by atoms with Gasteiger partial charge in [0.25, 0.3) is 7.82 Å². The van der Waals surface area contributed by atoms with E-state index in [1.807, 2.05) is 0 Å². The van der Waals surface area contributed by atoms with Crippen LogP contribution in [0.2, 0.25) is 0 Å². The average molecular weight is 643 g/mol. The van der Waals surface area contributed by atoms with E-state index in [1.165, 1.54) is 28.1 Å². The fourth-order valence-electron chi connectivity index (χ4n) is 5.18. The third kappa shape index (κ3) is 5.09. The molecule has 0 bridgehead atoms. The SMILES string of the molecule is Nc1ncnc2c1cnn2[C@H]1C[C@@H]2OS(=O)(=O)NC[C@H]3O[C@@H](n4cnc5c(N)ncnc54)[C@H](F)[C@@H]3OP(=O)([O-])OC[C@H]2O1. The number of ether oxygens (including phenoxy) is 2. The summed E-state index contributed by atoms with van der Waals surface area (Å²) in [7, 11) is -9.75. The van der Waals surface area contributed by atoms with Crippen molar-refractivity contribution >= 4 is 52.0 Å². The van der Waals surface area contributed by atoms with Gasteiger partial charge in [0.1, 0.15) is 48.4 Å². The Labute approximate surface area is 240 Å². The summed E-state index contributed by atoms with van der Waals surface area (Å²) in [5.74, 6) is 0.187. The first-order chi connectivity index (χ1) is 20.5. The van der Waals surface area contributed by atoms with E-state index in [2.05, 4.69) is 34.7 Å². The van der Waals surface area contributed by atoms with Crippen LogP contribution in [0.1, 0.15) is 18.9 Å². The quantitative estimate of drug-likeness (QED) is 0.209. The van der Waals surface area contributed by atoms with Crippen LogP contribution in [-0.2, 0) is 37.6 Å². The molecule has 0 spiro atoms. The summed E-state index contributed by atoms with van der Waals surface area (Å²) in [6.07, 6.45) is -5.54. The Morgan fingerprint density at radius 1 is 1.05 bits per heavy atom. The van der Waals surface area contributed by atoms with Crippen molar-refractivity contribution in [2.45, 2.75) is 49.5 Å². The van der Waals surface area contributed by atoms with E-state index in [4.69, 9.17) is 34.2 Å². The highest BCUT2D eigenvalue weighted by Gasteiger charge is 2.50. The normalized spacial score (nSPS) is 34.9. The molecule has 0 aliphatic carbocycles. The second-order valence-electron chi connectivity index (χ2n) is 9.79. The van der Waals surface area contributed by atoms with Crippen LogP contribution in [-0.4, -0.2) is 91.4 Å².